The molecule has 0 radical (unpaired) electrons. The van der Waals surface area contributed by atoms with Crippen molar-refractivity contribution in [1.29, 1.82) is 0 Å². The van der Waals surface area contributed by atoms with E-state index in [1.165, 1.54) is 6.26 Å². The van der Waals surface area contributed by atoms with E-state index in [-0.39, 0.29) is 5.78 Å². The zero-order chi connectivity index (χ0) is 12.7. The van der Waals surface area contributed by atoms with Crippen molar-refractivity contribution in [3.05, 3.63) is 57.5 Å². The van der Waals surface area contributed by atoms with E-state index in [2.05, 4.69) is 20.9 Å². The van der Waals surface area contributed by atoms with Gasteiger partial charge in [-0.2, -0.15) is 0 Å². The molecular formula is C13H7BrClNO2. The lowest BCUT2D eigenvalue weighted by atomic mass is 10.1. The molecule has 3 rings (SSSR count). The molecule has 0 bridgehead atoms. The minimum absolute atomic E-state index is 0.107. The summed E-state index contributed by atoms with van der Waals surface area (Å²) in [4.78, 5) is 15.4. The summed E-state index contributed by atoms with van der Waals surface area (Å²) in [7, 11) is 0. The Kier molecular flexibility index (Phi) is 2.76. The molecule has 0 amide bonds. The molecule has 1 N–H and O–H groups in total. The summed E-state index contributed by atoms with van der Waals surface area (Å²) in [6.45, 7) is 0. The van der Waals surface area contributed by atoms with Crippen LogP contribution in [0.3, 0.4) is 0 Å². The van der Waals surface area contributed by atoms with Crippen LogP contribution in [0.4, 0.5) is 0 Å². The highest BCUT2D eigenvalue weighted by atomic mass is 79.9. The minimum atomic E-state index is -0.107. The fraction of sp³-hybridized carbons (Fsp3) is 0. The standard InChI is InChI=1S/C13H7BrClNO2/c14-13-8(4-5-18-13)12(17)9-6-16-11-7(9)2-1-3-10(11)15/h1-6,16H. The van der Waals surface area contributed by atoms with Crippen molar-refractivity contribution >= 4 is 44.2 Å². The van der Waals surface area contributed by atoms with Gasteiger partial charge in [0.2, 0.25) is 0 Å². The van der Waals surface area contributed by atoms with Gasteiger partial charge in [-0.3, -0.25) is 4.79 Å². The first kappa shape index (κ1) is 11.6. The predicted molar refractivity (Wildman–Crippen MR) is 73.1 cm³/mol. The van der Waals surface area contributed by atoms with Gasteiger partial charge in [0, 0.05) is 17.1 Å². The molecule has 0 saturated heterocycles. The van der Waals surface area contributed by atoms with Gasteiger partial charge in [-0.15, -0.1) is 0 Å². The van der Waals surface area contributed by atoms with Gasteiger partial charge >= 0.3 is 0 Å². The predicted octanol–water partition coefficient (Wildman–Crippen LogP) is 4.41. The Labute approximate surface area is 116 Å². The monoisotopic (exact) mass is 323 g/mol. The van der Waals surface area contributed by atoms with Crippen molar-refractivity contribution in [3.8, 4) is 0 Å². The van der Waals surface area contributed by atoms with Crippen LogP contribution in [0.1, 0.15) is 15.9 Å². The fourth-order valence-electron chi connectivity index (χ4n) is 1.91. The number of benzene rings is 1. The van der Waals surface area contributed by atoms with Gasteiger partial charge in [0.25, 0.3) is 0 Å². The molecule has 0 spiro atoms. The number of para-hydroxylation sites is 1. The quantitative estimate of drug-likeness (QED) is 0.710. The number of rotatable bonds is 2. The summed E-state index contributed by atoms with van der Waals surface area (Å²) in [5.74, 6) is -0.107. The van der Waals surface area contributed by atoms with Crippen molar-refractivity contribution in [2.45, 2.75) is 0 Å². The van der Waals surface area contributed by atoms with Gasteiger partial charge in [-0.1, -0.05) is 23.7 Å². The second-order valence-corrected chi connectivity index (χ2v) is 4.93. The van der Waals surface area contributed by atoms with Gasteiger partial charge < -0.3 is 9.40 Å². The van der Waals surface area contributed by atoms with Crippen LogP contribution in [0.25, 0.3) is 10.9 Å². The number of ketones is 1. The first-order valence-corrected chi connectivity index (χ1v) is 6.39. The minimum Gasteiger partial charge on any atom is -0.457 e. The number of hydrogen-bond donors (Lipinski definition) is 1. The molecule has 0 aliphatic heterocycles. The van der Waals surface area contributed by atoms with Crippen LogP contribution >= 0.6 is 27.5 Å². The molecule has 0 fully saturated rings. The maximum absolute atomic E-state index is 12.4. The van der Waals surface area contributed by atoms with Crippen LogP contribution < -0.4 is 0 Å². The number of nitrogens with one attached hydrogen (secondary N) is 1. The van der Waals surface area contributed by atoms with Crippen molar-refractivity contribution in [3.63, 3.8) is 0 Å². The van der Waals surface area contributed by atoms with Gasteiger partial charge in [0.15, 0.2) is 10.5 Å². The Bertz CT molecular complexity index is 744. The summed E-state index contributed by atoms with van der Waals surface area (Å²) < 4.78 is 5.51. The molecular weight excluding hydrogens is 318 g/mol. The largest absolute Gasteiger partial charge is 0.457 e. The third kappa shape index (κ3) is 1.69. The van der Waals surface area contributed by atoms with Gasteiger partial charge in [0.1, 0.15) is 0 Å². The molecule has 90 valence electrons. The number of hydrogen-bond acceptors (Lipinski definition) is 2. The van der Waals surface area contributed by atoms with E-state index < -0.39 is 0 Å². The lowest BCUT2D eigenvalue weighted by Gasteiger charge is -1.97. The number of H-pyrrole nitrogens is 1. The average Bonchev–Trinajstić information content (AvgIpc) is 2.95. The molecule has 3 nitrogen and oxygen atoms in total. The summed E-state index contributed by atoms with van der Waals surface area (Å²) >= 11 is 9.27. The Morgan fingerprint density at radius 2 is 2.11 bits per heavy atom. The van der Waals surface area contributed by atoms with Crippen LogP contribution in [0.15, 0.2) is 45.8 Å². The number of carbonyl (C=O) groups is 1. The van der Waals surface area contributed by atoms with Crippen LogP contribution in [0, 0.1) is 0 Å². The molecule has 0 saturated carbocycles. The van der Waals surface area contributed by atoms with E-state index in [1.54, 1.807) is 18.3 Å². The maximum Gasteiger partial charge on any atom is 0.199 e. The molecule has 3 aromatic rings. The van der Waals surface area contributed by atoms with Gasteiger partial charge in [0.05, 0.1) is 22.4 Å². The summed E-state index contributed by atoms with van der Waals surface area (Å²) in [6, 6.07) is 7.09. The highest BCUT2D eigenvalue weighted by Crippen LogP contribution is 2.28. The second-order valence-electron chi connectivity index (χ2n) is 3.80. The van der Waals surface area contributed by atoms with Crippen LogP contribution in [0.5, 0.6) is 0 Å². The number of carbonyl (C=O) groups excluding carboxylic acids is 1. The number of furan rings is 1. The lowest BCUT2D eigenvalue weighted by molar-refractivity contribution is 0.103. The third-order valence-corrected chi connectivity index (χ3v) is 3.70. The second kappa shape index (κ2) is 4.30. The van der Waals surface area contributed by atoms with E-state index in [0.29, 0.717) is 20.8 Å². The molecule has 18 heavy (non-hydrogen) atoms. The summed E-state index contributed by atoms with van der Waals surface area (Å²) in [5.41, 5.74) is 1.84. The zero-order valence-corrected chi connectivity index (χ0v) is 11.4. The number of aromatic nitrogens is 1. The first-order chi connectivity index (χ1) is 8.68. The maximum atomic E-state index is 12.4. The van der Waals surface area contributed by atoms with E-state index in [4.69, 9.17) is 16.0 Å². The van der Waals surface area contributed by atoms with Crippen molar-refractivity contribution in [2.24, 2.45) is 0 Å². The highest BCUT2D eigenvalue weighted by molar-refractivity contribution is 9.10. The topological polar surface area (TPSA) is 46.0 Å². The van der Waals surface area contributed by atoms with Crippen molar-refractivity contribution in [2.75, 3.05) is 0 Å². The molecule has 5 heteroatoms. The molecule has 1 aromatic carbocycles. The molecule has 0 aliphatic carbocycles. The summed E-state index contributed by atoms with van der Waals surface area (Å²) in [5, 5.41) is 1.40. The SMILES string of the molecule is O=C(c1ccoc1Br)c1c[nH]c2c(Cl)cccc12. The van der Waals surface area contributed by atoms with Crippen molar-refractivity contribution < 1.29 is 9.21 Å². The Morgan fingerprint density at radius 3 is 2.83 bits per heavy atom. The fourth-order valence-corrected chi connectivity index (χ4v) is 2.56. The zero-order valence-electron chi connectivity index (χ0n) is 9.04. The Hall–Kier alpha value is -1.52. The van der Waals surface area contributed by atoms with Crippen LogP contribution in [-0.2, 0) is 0 Å². The molecule has 0 atom stereocenters. The summed E-state index contributed by atoms with van der Waals surface area (Å²) in [6.07, 6.45) is 3.14. The molecule has 2 heterocycles. The first-order valence-electron chi connectivity index (χ1n) is 5.22. The van der Waals surface area contributed by atoms with E-state index in [1.807, 2.05) is 12.1 Å². The molecule has 0 unspecified atom stereocenters. The van der Waals surface area contributed by atoms with E-state index in [0.717, 1.165) is 10.9 Å². The van der Waals surface area contributed by atoms with E-state index >= 15 is 0 Å². The molecule has 2 aromatic heterocycles. The van der Waals surface area contributed by atoms with Gasteiger partial charge in [-0.05, 0) is 28.1 Å². The highest BCUT2D eigenvalue weighted by Gasteiger charge is 2.18. The number of aromatic amines is 1. The van der Waals surface area contributed by atoms with Crippen molar-refractivity contribution in [1.82, 2.24) is 4.98 Å². The van der Waals surface area contributed by atoms with Crippen LogP contribution in [0.2, 0.25) is 5.02 Å². The van der Waals surface area contributed by atoms with E-state index in [9.17, 15) is 4.79 Å². The Morgan fingerprint density at radius 1 is 1.28 bits per heavy atom. The average molecular weight is 325 g/mol. The molecule has 0 aliphatic rings. The normalized spacial score (nSPS) is 11.0. The van der Waals surface area contributed by atoms with Crippen LogP contribution in [-0.4, -0.2) is 10.8 Å². The lowest BCUT2D eigenvalue weighted by Crippen LogP contribution is -1.99. The Balaban J connectivity index is 2.19. The third-order valence-electron chi connectivity index (χ3n) is 2.77. The number of halogens is 2. The van der Waals surface area contributed by atoms with Gasteiger partial charge in [-0.25, -0.2) is 0 Å². The smallest absolute Gasteiger partial charge is 0.199 e. The number of fused-ring (bicyclic) bond motifs is 1.